The molecule has 1 rings (SSSR count). The summed E-state index contributed by atoms with van der Waals surface area (Å²) in [5, 5.41) is 8.76. The first-order valence-corrected chi connectivity index (χ1v) is 5.49. The summed E-state index contributed by atoms with van der Waals surface area (Å²) in [6.07, 6.45) is 1.67. The lowest BCUT2D eigenvalue weighted by atomic mass is 10.2. The van der Waals surface area contributed by atoms with E-state index in [1.165, 1.54) is 12.1 Å². The van der Waals surface area contributed by atoms with E-state index in [0.717, 1.165) is 18.9 Å². The van der Waals surface area contributed by atoms with Crippen molar-refractivity contribution in [2.24, 2.45) is 0 Å². The second kappa shape index (κ2) is 6.78. The monoisotopic (exact) mass is 260 g/mol. The topological polar surface area (TPSA) is 55.8 Å². The van der Waals surface area contributed by atoms with Crippen molar-refractivity contribution in [1.82, 2.24) is 0 Å². The maximum Gasteiger partial charge on any atom is 0.387 e. The van der Waals surface area contributed by atoms with Crippen molar-refractivity contribution in [3.8, 4) is 11.5 Å². The first-order chi connectivity index (χ1) is 8.54. The summed E-state index contributed by atoms with van der Waals surface area (Å²) < 4.78 is 33.9. The summed E-state index contributed by atoms with van der Waals surface area (Å²) in [7, 11) is 0. The zero-order chi connectivity index (χ0) is 13.5. The highest BCUT2D eigenvalue weighted by Crippen LogP contribution is 2.30. The van der Waals surface area contributed by atoms with Gasteiger partial charge in [0.25, 0.3) is 0 Å². The third-order valence-corrected chi connectivity index (χ3v) is 2.16. The fourth-order valence-electron chi connectivity index (χ4n) is 1.27. The molecule has 100 valence electrons. The lowest BCUT2D eigenvalue weighted by Crippen LogP contribution is -2.07. The molecule has 0 aliphatic heterocycles. The molecule has 0 saturated heterocycles. The molecule has 0 fully saturated rings. The Morgan fingerprint density at radius 1 is 1.39 bits per heavy atom. The fraction of sp³-hybridized carbons (Fsp3) is 0.417. The van der Waals surface area contributed by atoms with E-state index >= 15 is 0 Å². The van der Waals surface area contributed by atoms with Gasteiger partial charge < -0.3 is 14.6 Å². The normalized spacial score (nSPS) is 10.4. The van der Waals surface area contributed by atoms with Crippen molar-refractivity contribution in [2.45, 2.75) is 26.4 Å². The lowest BCUT2D eigenvalue weighted by molar-refractivity contribution is -0.0515. The number of alkyl halides is 2. The van der Waals surface area contributed by atoms with Crippen LogP contribution in [0.3, 0.4) is 0 Å². The average Bonchev–Trinajstić information content (AvgIpc) is 2.30. The molecule has 0 heterocycles. The zero-order valence-electron chi connectivity index (χ0n) is 9.86. The number of rotatable bonds is 7. The summed E-state index contributed by atoms with van der Waals surface area (Å²) in [5.41, 5.74) is -0.131. The van der Waals surface area contributed by atoms with Gasteiger partial charge in [-0.25, -0.2) is 4.79 Å². The maximum atomic E-state index is 12.2. The molecule has 0 spiro atoms. The number of halogens is 2. The van der Waals surface area contributed by atoms with Crippen LogP contribution in [0, 0.1) is 0 Å². The predicted molar refractivity (Wildman–Crippen MR) is 60.4 cm³/mol. The molecular formula is C12H14F2O4. The van der Waals surface area contributed by atoms with E-state index < -0.39 is 12.6 Å². The van der Waals surface area contributed by atoms with Crippen molar-refractivity contribution in [3.05, 3.63) is 23.8 Å². The van der Waals surface area contributed by atoms with Gasteiger partial charge in [0.15, 0.2) is 11.5 Å². The molecule has 1 aromatic rings. The summed E-state index contributed by atoms with van der Waals surface area (Å²) in [4.78, 5) is 10.7. The van der Waals surface area contributed by atoms with E-state index in [2.05, 4.69) is 4.74 Å². The second-order valence-corrected chi connectivity index (χ2v) is 3.55. The highest BCUT2D eigenvalue weighted by Gasteiger charge is 2.14. The second-order valence-electron chi connectivity index (χ2n) is 3.55. The SMILES string of the molecule is CCCCOc1ccc(C(=O)O)cc1OC(F)F. The lowest BCUT2D eigenvalue weighted by Gasteiger charge is -2.12. The fourth-order valence-corrected chi connectivity index (χ4v) is 1.27. The first-order valence-electron chi connectivity index (χ1n) is 5.49. The number of hydrogen-bond acceptors (Lipinski definition) is 3. The molecule has 0 aliphatic rings. The molecule has 18 heavy (non-hydrogen) atoms. The molecule has 0 bridgehead atoms. The Hall–Kier alpha value is -1.85. The van der Waals surface area contributed by atoms with Crippen molar-refractivity contribution in [1.29, 1.82) is 0 Å². The quantitative estimate of drug-likeness (QED) is 0.765. The summed E-state index contributed by atoms with van der Waals surface area (Å²) in [6, 6.07) is 3.62. The van der Waals surface area contributed by atoms with Gasteiger partial charge in [-0.3, -0.25) is 0 Å². The van der Waals surface area contributed by atoms with E-state index in [0.29, 0.717) is 6.61 Å². The third kappa shape index (κ3) is 4.20. The van der Waals surface area contributed by atoms with Crippen LogP contribution in [-0.4, -0.2) is 24.3 Å². The highest BCUT2D eigenvalue weighted by molar-refractivity contribution is 5.88. The largest absolute Gasteiger partial charge is 0.490 e. The minimum absolute atomic E-state index is 0.119. The number of ether oxygens (including phenoxy) is 2. The number of aromatic carboxylic acids is 1. The zero-order valence-corrected chi connectivity index (χ0v) is 9.86. The van der Waals surface area contributed by atoms with E-state index in [1.54, 1.807) is 0 Å². The van der Waals surface area contributed by atoms with Crippen LogP contribution < -0.4 is 9.47 Å². The van der Waals surface area contributed by atoms with Gasteiger partial charge >= 0.3 is 12.6 Å². The number of benzene rings is 1. The molecule has 0 aliphatic carbocycles. The Kier molecular flexibility index (Phi) is 5.35. The van der Waals surface area contributed by atoms with Gasteiger partial charge in [-0.1, -0.05) is 13.3 Å². The van der Waals surface area contributed by atoms with E-state index in [-0.39, 0.29) is 17.1 Å². The van der Waals surface area contributed by atoms with Gasteiger partial charge in [-0.05, 0) is 24.6 Å². The van der Waals surface area contributed by atoms with Gasteiger partial charge in [0, 0.05) is 0 Å². The van der Waals surface area contributed by atoms with Crippen molar-refractivity contribution in [3.63, 3.8) is 0 Å². The molecule has 6 heteroatoms. The van der Waals surface area contributed by atoms with Gasteiger partial charge in [-0.2, -0.15) is 8.78 Å². The van der Waals surface area contributed by atoms with Crippen LogP contribution in [-0.2, 0) is 0 Å². The molecule has 1 aromatic carbocycles. The van der Waals surface area contributed by atoms with Gasteiger partial charge in [0.05, 0.1) is 12.2 Å². The van der Waals surface area contributed by atoms with E-state index in [4.69, 9.17) is 9.84 Å². The molecule has 0 aromatic heterocycles. The Bertz CT molecular complexity index is 407. The minimum atomic E-state index is -3.03. The summed E-state index contributed by atoms with van der Waals surface area (Å²) in [6.45, 7) is -0.696. The Morgan fingerprint density at radius 3 is 2.67 bits per heavy atom. The molecule has 0 saturated carbocycles. The Labute approximate surface area is 103 Å². The molecule has 0 unspecified atom stereocenters. The average molecular weight is 260 g/mol. The molecule has 4 nitrogen and oxygen atoms in total. The summed E-state index contributed by atoms with van der Waals surface area (Å²) in [5.74, 6) is -1.36. The van der Waals surface area contributed by atoms with Gasteiger partial charge in [0.2, 0.25) is 0 Å². The van der Waals surface area contributed by atoms with Crippen molar-refractivity contribution < 1.29 is 28.2 Å². The van der Waals surface area contributed by atoms with Crippen LogP contribution in [0.5, 0.6) is 11.5 Å². The molecular weight excluding hydrogens is 246 g/mol. The van der Waals surface area contributed by atoms with Crippen LogP contribution in [0.25, 0.3) is 0 Å². The van der Waals surface area contributed by atoms with Crippen LogP contribution in [0.1, 0.15) is 30.1 Å². The maximum absolute atomic E-state index is 12.2. The molecule has 0 atom stereocenters. The molecule has 0 radical (unpaired) electrons. The van der Waals surface area contributed by atoms with Crippen LogP contribution >= 0.6 is 0 Å². The number of carboxylic acid groups (broad SMARTS) is 1. The van der Waals surface area contributed by atoms with Crippen molar-refractivity contribution in [2.75, 3.05) is 6.61 Å². The number of unbranched alkanes of at least 4 members (excludes halogenated alkanes) is 1. The smallest absolute Gasteiger partial charge is 0.387 e. The van der Waals surface area contributed by atoms with E-state index in [9.17, 15) is 13.6 Å². The van der Waals surface area contributed by atoms with Gasteiger partial charge in [0.1, 0.15) is 0 Å². The Morgan fingerprint density at radius 2 is 2.11 bits per heavy atom. The summed E-state index contributed by atoms with van der Waals surface area (Å²) >= 11 is 0. The van der Waals surface area contributed by atoms with Crippen LogP contribution in [0.15, 0.2) is 18.2 Å². The standard InChI is InChI=1S/C12H14F2O4/c1-2-3-6-17-9-5-4-8(11(15)16)7-10(9)18-12(13)14/h4-5,7,12H,2-3,6H2,1H3,(H,15,16). The van der Waals surface area contributed by atoms with Crippen molar-refractivity contribution >= 4 is 5.97 Å². The number of carbonyl (C=O) groups is 1. The third-order valence-electron chi connectivity index (χ3n) is 2.16. The highest BCUT2D eigenvalue weighted by atomic mass is 19.3. The minimum Gasteiger partial charge on any atom is -0.490 e. The predicted octanol–water partition coefficient (Wildman–Crippen LogP) is 3.17. The van der Waals surface area contributed by atoms with E-state index in [1.807, 2.05) is 6.92 Å². The first kappa shape index (κ1) is 14.2. The number of carboxylic acids is 1. The molecule has 0 amide bonds. The molecule has 1 N–H and O–H groups in total. The number of hydrogen-bond donors (Lipinski definition) is 1. The van der Waals surface area contributed by atoms with Gasteiger partial charge in [-0.15, -0.1) is 0 Å². The van der Waals surface area contributed by atoms with Crippen LogP contribution in [0.2, 0.25) is 0 Å². The Balaban J connectivity index is 2.89. The van der Waals surface area contributed by atoms with Crippen LogP contribution in [0.4, 0.5) is 8.78 Å².